The van der Waals surface area contributed by atoms with E-state index in [0.717, 1.165) is 9.87 Å². The highest BCUT2D eigenvalue weighted by molar-refractivity contribution is 7.92. The standard InChI is InChI=1S/C27H29Cl2N3O4S/c1-19(2)30-27(34)20(3)31(17-21-11-6-4-7-12-21)25(33)18-32(24-16-10-15-23(28)26(24)29)37(35,36)22-13-8-5-9-14-22/h4-16,19-20H,17-18H2,1-3H3,(H,30,34). The van der Waals surface area contributed by atoms with Gasteiger partial charge in [0.1, 0.15) is 12.6 Å². The fourth-order valence-corrected chi connectivity index (χ4v) is 5.58. The first-order chi connectivity index (χ1) is 17.5. The van der Waals surface area contributed by atoms with Crippen LogP contribution in [0.15, 0.2) is 83.8 Å². The summed E-state index contributed by atoms with van der Waals surface area (Å²) < 4.78 is 28.4. The third-order valence-corrected chi connectivity index (χ3v) is 8.19. The number of nitrogens with zero attached hydrogens (tertiary/aromatic N) is 2. The van der Waals surface area contributed by atoms with E-state index in [2.05, 4.69) is 5.32 Å². The maximum atomic E-state index is 13.8. The Morgan fingerprint density at radius 2 is 1.46 bits per heavy atom. The molecule has 0 spiro atoms. The fraction of sp³-hybridized carbons (Fsp3) is 0.259. The van der Waals surface area contributed by atoms with Crippen LogP contribution in [0.5, 0.6) is 0 Å². The number of halogens is 2. The molecular formula is C27H29Cl2N3O4S. The molecule has 0 aromatic heterocycles. The van der Waals surface area contributed by atoms with Gasteiger partial charge in [0, 0.05) is 12.6 Å². The molecule has 3 aromatic carbocycles. The van der Waals surface area contributed by atoms with Crippen LogP contribution >= 0.6 is 23.2 Å². The van der Waals surface area contributed by atoms with E-state index in [9.17, 15) is 18.0 Å². The van der Waals surface area contributed by atoms with Crippen molar-refractivity contribution < 1.29 is 18.0 Å². The molecule has 1 unspecified atom stereocenters. The predicted molar refractivity (Wildman–Crippen MR) is 147 cm³/mol. The Bertz CT molecular complexity index is 1340. The first-order valence-corrected chi connectivity index (χ1v) is 13.9. The lowest BCUT2D eigenvalue weighted by Gasteiger charge is -2.32. The molecule has 1 atom stereocenters. The minimum atomic E-state index is -4.22. The summed E-state index contributed by atoms with van der Waals surface area (Å²) in [5, 5.41) is 2.96. The number of rotatable bonds is 10. The highest BCUT2D eigenvalue weighted by Gasteiger charge is 2.33. The van der Waals surface area contributed by atoms with Crippen molar-refractivity contribution in [2.24, 2.45) is 0 Å². The van der Waals surface area contributed by atoms with Crippen molar-refractivity contribution in [2.75, 3.05) is 10.8 Å². The Morgan fingerprint density at radius 3 is 2.05 bits per heavy atom. The molecule has 37 heavy (non-hydrogen) atoms. The summed E-state index contributed by atoms with van der Waals surface area (Å²) in [6, 6.07) is 20.5. The molecule has 3 rings (SSSR count). The third kappa shape index (κ3) is 7.03. The zero-order chi connectivity index (χ0) is 27.2. The molecule has 0 bridgehead atoms. The molecule has 0 heterocycles. The van der Waals surface area contributed by atoms with E-state index in [4.69, 9.17) is 23.2 Å². The highest BCUT2D eigenvalue weighted by atomic mass is 35.5. The van der Waals surface area contributed by atoms with Crippen LogP contribution in [0.25, 0.3) is 0 Å². The Kier molecular flexibility index (Phi) is 9.59. The largest absolute Gasteiger partial charge is 0.352 e. The van der Waals surface area contributed by atoms with Gasteiger partial charge >= 0.3 is 0 Å². The van der Waals surface area contributed by atoms with Crippen molar-refractivity contribution in [3.8, 4) is 0 Å². The van der Waals surface area contributed by atoms with E-state index in [-0.39, 0.29) is 39.1 Å². The summed E-state index contributed by atoms with van der Waals surface area (Å²) in [5.74, 6) is -0.927. The van der Waals surface area contributed by atoms with Crippen LogP contribution in [0.4, 0.5) is 5.69 Å². The fourth-order valence-electron chi connectivity index (χ4n) is 3.69. The first-order valence-electron chi connectivity index (χ1n) is 11.7. The average molecular weight is 563 g/mol. The van der Waals surface area contributed by atoms with Crippen molar-refractivity contribution in [3.05, 3.63) is 94.5 Å². The normalized spacial score (nSPS) is 12.2. The Balaban J connectivity index is 2.05. The zero-order valence-corrected chi connectivity index (χ0v) is 23.1. The van der Waals surface area contributed by atoms with Gasteiger partial charge in [0.25, 0.3) is 10.0 Å². The van der Waals surface area contributed by atoms with Crippen LogP contribution in [0.1, 0.15) is 26.3 Å². The first kappa shape index (κ1) is 28.5. The van der Waals surface area contributed by atoms with Crippen molar-refractivity contribution >= 4 is 50.7 Å². The maximum absolute atomic E-state index is 13.8. The molecule has 0 aliphatic heterocycles. The lowest BCUT2D eigenvalue weighted by Crippen LogP contribution is -2.52. The summed E-state index contributed by atoms with van der Waals surface area (Å²) >= 11 is 12.6. The van der Waals surface area contributed by atoms with E-state index < -0.39 is 28.5 Å². The number of carbonyl (C=O) groups excluding carboxylic acids is 2. The molecule has 0 aliphatic rings. The minimum Gasteiger partial charge on any atom is -0.352 e. The number of carbonyl (C=O) groups is 2. The number of hydrogen-bond donors (Lipinski definition) is 1. The minimum absolute atomic E-state index is 0.00307. The summed E-state index contributed by atoms with van der Waals surface area (Å²) in [4.78, 5) is 28.0. The molecule has 3 aromatic rings. The van der Waals surface area contributed by atoms with E-state index in [0.29, 0.717) is 0 Å². The van der Waals surface area contributed by atoms with Gasteiger partial charge in [0.05, 0.1) is 20.6 Å². The van der Waals surface area contributed by atoms with Gasteiger partial charge in [-0.25, -0.2) is 8.42 Å². The van der Waals surface area contributed by atoms with Crippen molar-refractivity contribution in [1.82, 2.24) is 10.2 Å². The predicted octanol–water partition coefficient (Wildman–Crippen LogP) is 5.13. The smallest absolute Gasteiger partial charge is 0.264 e. The van der Waals surface area contributed by atoms with Crippen molar-refractivity contribution in [1.29, 1.82) is 0 Å². The highest BCUT2D eigenvalue weighted by Crippen LogP contribution is 2.35. The Hall–Kier alpha value is -3.07. The number of sulfonamides is 1. The molecular weight excluding hydrogens is 533 g/mol. The van der Waals surface area contributed by atoms with Gasteiger partial charge in [-0.05, 0) is 50.6 Å². The molecule has 1 N–H and O–H groups in total. The van der Waals surface area contributed by atoms with Crippen LogP contribution in [-0.2, 0) is 26.2 Å². The van der Waals surface area contributed by atoms with Crippen LogP contribution < -0.4 is 9.62 Å². The summed E-state index contributed by atoms with van der Waals surface area (Å²) in [5.41, 5.74) is 0.851. The zero-order valence-electron chi connectivity index (χ0n) is 20.8. The molecule has 10 heteroatoms. The van der Waals surface area contributed by atoms with Crippen molar-refractivity contribution in [2.45, 2.75) is 44.3 Å². The average Bonchev–Trinajstić information content (AvgIpc) is 2.88. The molecule has 0 saturated heterocycles. The van der Waals surface area contributed by atoms with Gasteiger partial charge in [0.2, 0.25) is 11.8 Å². The Labute approximate surface area is 228 Å². The van der Waals surface area contributed by atoms with Gasteiger partial charge in [-0.3, -0.25) is 13.9 Å². The monoisotopic (exact) mass is 561 g/mol. The van der Waals surface area contributed by atoms with Gasteiger partial charge < -0.3 is 10.2 Å². The molecule has 0 saturated carbocycles. The summed E-state index contributed by atoms with van der Waals surface area (Å²) in [7, 11) is -4.22. The SMILES string of the molecule is CC(C)NC(=O)C(C)N(Cc1ccccc1)C(=O)CN(c1cccc(Cl)c1Cl)S(=O)(=O)c1ccccc1. The number of anilines is 1. The Morgan fingerprint density at radius 1 is 0.865 bits per heavy atom. The van der Waals surface area contributed by atoms with Crippen molar-refractivity contribution in [3.63, 3.8) is 0 Å². The lowest BCUT2D eigenvalue weighted by atomic mass is 10.1. The number of hydrogen-bond acceptors (Lipinski definition) is 4. The molecule has 0 fully saturated rings. The molecule has 2 amide bonds. The van der Waals surface area contributed by atoms with Crippen LogP contribution in [0.2, 0.25) is 10.0 Å². The second kappa shape index (κ2) is 12.4. The van der Waals surface area contributed by atoms with Gasteiger partial charge in [-0.2, -0.15) is 0 Å². The van der Waals surface area contributed by atoms with Crippen LogP contribution in [0, 0.1) is 0 Å². The number of amides is 2. The maximum Gasteiger partial charge on any atom is 0.264 e. The van der Waals surface area contributed by atoms with Gasteiger partial charge in [-0.1, -0.05) is 77.8 Å². The van der Waals surface area contributed by atoms with E-state index in [1.807, 2.05) is 44.2 Å². The summed E-state index contributed by atoms with van der Waals surface area (Å²) in [6.45, 7) is 4.77. The number of nitrogens with one attached hydrogen (secondary N) is 1. The van der Waals surface area contributed by atoms with Gasteiger partial charge in [-0.15, -0.1) is 0 Å². The molecule has 0 radical (unpaired) electrons. The molecule has 196 valence electrons. The van der Waals surface area contributed by atoms with Gasteiger partial charge in [0.15, 0.2) is 0 Å². The van der Waals surface area contributed by atoms with E-state index in [1.54, 1.807) is 31.2 Å². The topological polar surface area (TPSA) is 86.8 Å². The van der Waals surface area contributed by atoms with E-state index >= 15 is 0 Å². The quantitative estimate of drug-likeness (QED) is 0.371. The second-order valence-corrected chi connectivity index (χ2v) is 11.4. The summed E-state index contributed by atoms with van der Waals surface area (Å²) in [6.07, 6.45) is 0. The lowest BCUT2D eigenvalue weighted by molar-refractivity contribution is -0.139. The third-order valence-electron chi connectivity index (χ3n) is 5.60. The molecule has 0 aliphatic carbocycles. The number of benzene rings is 3. The second-order valence-electron chi connectivity index (χ2n) is 8.74. The molecule has 7 nitrogen and oxygen atoms in total. The van der Waals surface area contributed by atoms with Crippen LogP contribution in [0.3, 0.4) is 0 Å². The van der Waals surface area contributed by atoms with Crippen LogP contribution in [-0.4, -0.2) is 43.8 Å². The van der Waals surface area contributed by atoms with E-state index in [1.165, 1.54) is 29.2 Å².